The number of hydrogen-bond acceptors (Lipinski definition) is 2. The molecule has 2 saturated carbocycles. The minimum atomic E-state index is 0.677. The molecule has 1 N–H and O–H groups in total. The van der Waals surface area contributed by atoms with Gasteiger partial charge >= 0.3 is 0 Å². The van der Waals surface area contributed by atoms with Crippen LogP contribution in [0.1, 0.15) is 55.0 Å². The summed E-state index contributed by atoms with van der Waals surface area (Å²) in [4.78, 5) is 1.65. The summed E-state index contributed by atoms with van der Waals surface area (Å²) in [5, 5.41) is 6.31. The number of nitrogens with one attached hydrogen (secondary N) is 1. The van der Waals surface area contributed by atoms with Crippen molar-refractivity contribution in [3.05, 3.63) is 21.9 Å². The number of aryl methyl sites for hydroxylation is 1. The molecular formula is C15H21NS. The van der Waals surface area contributed by atoms with E-state index in [1.54, 1.807) is 10.4 Å². The van der Waals surface area contributed by atoms with Crippen LogP contribution in [0, 0.1) is 11.8 Å². The molecule has 1 unspecified atom stereocenters. The fourth-order valence-electron chi connectivity index (χ4n) is 3.46. The van der Waals surface area contributed by atoms with E-state index in [0.29, 0.717) is 6.04 Å². The van der Waals surface area contributed by atoms with Crippen molar-refractivity contribution in [3.63, 3.8) is 0 Å². The maximum Gasteiger partial charge on any atom is 0.0334 e. The molecule has 1 aromatic heterocycles. The molecule has 3 aliphatic carbocycles. The molecule has 92 valence electrons. The Morgan fingerprint density at radius 3 is 2.59 bits per heavy atom. The molecule has 1 aromatic rings. The second-order valence-corrected chi connectivity index (χ2v) is 7.11. The van der Waals surface area contributed by atoms with Gasteiger partial charge in [-0.05, 0) is 73.8 Å². The predicted octanol–water partition coefficient (Wildman–Crippen LogP) is 3.90. The van der Waals surface area contributed by atoms with Crippen molar-refractivity contribution in [2.24, 2.45) is 11.8 Å². The van der Waals surface area contributed by atoms with Gasteiger partial charge in [0, 0.05) is 17.0 Å². The van der Waals surface area contributed by atoms with Crippen molar-refractivity contribution in [2.75, 3.05) is 0 Å². The second kappa shape index (κ2) is 4.10. The van der Waals surface area contributed by atoms with Crippen molar-refractivity contribution in [1.29, 1.82) is 0 Å². The highest BCUT2D eigenvalue weighted by molar-refractivity contribution is 7.10. The molecule has 0 aliphatic heterocycles. The van der Waals surface area contributed by atoms with Gasteiger partial charge < -0.3 is 5.32 Å². The molecule has 0 radical (unpaired) electrons. The largest absolute Gasteiger partial charge is 0.307 e. The summed E-state index contributed by atoms with van der Waals surface area (Å²) in [6.45, 7) is 0. The van der Waals surface area contributed by atoms with E-state index in [9.17, 15) is 0 Å². The zero-order chi connectivity index (χ0) is 11.2. The van der Waals surface area contributed by atoms with E-state index in [1.165, 1.54) is 44.9 Å². The molecule has 0 amide bonds. The van der Waals surface area contributed by atoms with Crippen molar-refractivity contribution >= 4 is 11.3 Å². The molecule has 2 fully saturated rings. The first-order chi connectivity index (χ1) is 8.42. The van der Waals surface area contributed by atoms with Crippen LogP contribution in [0.5, 0.6) is 0 Å². The molecule has 0 spiro atoms. The van der Waals surface area contributed by atoms with Gasteiger partial charge in [-0.2, -0.15) is 0 Å². The third-order valence-electron chi connectivity index (χ3n) is 4.71. The van der Waals surface area contributed by atoms with E-state index in [-0.39, 0.29) is 0 Å². The number of rotatable bonds is 4. The van der Waals surface area contributed by atoms with Crippen LogP contribution in [0.4, 0.5) is 0 Å². The standard InChI is InChI=1S/C15H21NS/c1-2-13(12-8-9-17-14(12)3-1)16-15(10-4-5-10)11-6-7-11/h8-11,13,15-16H,1-7H2. The normalized spacial score (nSPS) is 28.4. The van der Waals surface area contributed by atoms with E-state index in [0.717, 1.165) is 17.9 Å². The average molecular weight is 247 g/mol. The van der Waals surface area contributed by atoms with Crippen molar-refractivity contribution in [1.82, 2.24) is 5.32 Å². The maximum absolute atomic E-state index is 4.03. The summed E-state index contributed by atoms with van der Waals surface area (Å²) in [5.74, 6) is 2.04. The lowest BCUT2D eigenvalue weighted by Gasteiger charge is -2.29. The van der Waals surface area contributed by atoms with Crippen LogP contribution in [-0.4, -0.2) is 6.04 Å². The Hall–Kier alpha value is -0.340. The molecule has 0 saturated heterocycles. The highest BCUT2D eigenvalue weighted by Gasteiger charge is 2.42. The minimum Gasteiger partial charge on any atom is -0.307 e. The molecule has 0 bridgehead atoms. The Kier molecular flexibility index (Phi) is 2.55. The van der Waals surface area contributed by atoms with Crippen LogP contribution >= 0.6 is 11.3 Å². The lowest BCUT2D eigenvalue weighted by atomic mass is 9.92. The van der Waals surface area contributed by atoms with Gasteiger partial charge in [0.15, 0.2) is 0 Å². The molecule has 2 heteroatoms. The Bertz CT molecular complexity index is 391. The Balaban J connectivity index is 1.52. The summed E-state index contributed by atoms with van der Waals surface area (Å²) in [5.41, 5.74) is 1.63. The van der Waals surface area contributed by atoms with E-state index in [1.807, 2.05) is 11.3 Å². The highest BCUT2D eigenvalue weighted by Crippen LogP contribution is 2.46. The van der Waals surface area contributed by atoms with Crippen molar-refractivity contribution in [2.45, 2.75) is 57.0 Å². The first kappa shape index (κ1) is 10.6. The average Bonchev–Trinajstić information content (AvgIpc) is 3.25. The molecule has 3 aliphatic rings. The van der Waals surface area contributed by atoms with Crippen LogP contribution in [0.2, 0.25) is 0 Å². The molecule has 1 atom stereocenters. The quantitative estimate of drug-likeness (QED) is 0.851. The molecular weight excluding hydrogens is 226 g/mol. The van der Waals surface area contributed by atoms with Gasteiger partial charge in [-0.1, -0.05) is 0 Å². The predicted molar refractivity (Wildman–Crippen MR) is 72.4 cm³/mol. The SMILES string of the molecule is c1cc2c(s1)CCCC2NC(C1CC1)C1CC1. The lowest BCUT2D eigenvalue weighted by molar-refractivity contribution is 0.342. The summed E-state index contributed by atoms with van der Waals surface area (Å²) in [7, 11) is 0. The third kappa shape index (κ3) is 2.06. The fraction of sp³-hybridized carbons (Fsp3) is 0.733. The Morgan fingerprint density at radius 2 is 1.88 bits per heavy atom. The zero-order valence-corrected chi connectivity index (χ0v) is 11.1. The van der Waals surface area contributed by atoms with Gasteiger partial charge in [0.05, 0.1) is 0 Å². The number of hydrogen-bond donors (Lipinski definition) is 1. The van der Waals surface area contributed by atoms with Gasteiger partial charge in [0.1, 0.15) is 0 Å². The fourth-order valence-corrected chi connectivity index (χ4v) is 4.45. The third-order valence-corrected chi connectivity index (χ3v) is 5.70. The smallest absolute Gasteiger partial charge is 0.0334 e. The number of fused-ring (bicyclic) bond motifs is 1. The molecule has 17 heavy (non-hydrogen) atoms. The first-order valence-corrected chi connectivity index (χ1v) is 8.12. The highest BCUT2D eigenvalue weighted by atomic mass is 32.1. The zero-order valence-electron chi connectivity index (χ0n) is 10.3. The van der Waals surface area contributed by atoms with Crippen LogP contribution < -0.4 is 5.32 Å². The van der Waals surface area contributed by atoms with E-state index < -0.39 is 0 Å². The summed E-state index contributed by atoms with van der Waals surface area (Å²) < 4.78 is 0. The van der Waals surface area contributed by atoms with Gasteiger partial charge in [0.2, 0.25) is 0 Å². The minimum absolute atomic E-state index is 0.677. The Morgan fingerprint density at radius 1 is 1.12 bits per heavy atom. The monoisotopic (exact) mass is 247 g/mol. The lowest BCUT2D eigenvalue weighted by Crippen LogP contribution is -2.37. The van der Waals surface area contributed by atoms with E-state index >= 15 is 0 Å². The van der Waals surface area contributed by atoms with E-state index in [4.69, 9.17) is 0 Å². The van der Waals surface area contributed by atoms with Crippen molar-refractivity contribution in [3.8, 4) is 0 Å². The molecule has 1 heterocycles. The van der Waals surface area contributed by atoms with Crippen LogP contribution in [0.25, 0.3) is 0 Å². The summed E-state index contributed by atoms with van der Waals surface area (Å²) in [6, 6.07) is 3.90. The molecule has 4 rings (SSSR count). The van der Waals surface area contributed by atoms with Gasteiger partial charge in [-0.15, -0.1) is 11.3 Å². The van der Waals surface area contributed by atoms with E-state index in [2.05, 4.69) is 16.8 Å². The van der Waals surface area contributed by atoms with Crippen LogP contribution in [0.3, 0.4) is 0 Å². The summed E-state index contributed by atoms with van der Waals surface area (Å²) >= 11 is 1.96. The summed E-state index contributed by atoms with van der Waals surface area (Å²) in [6.07, 6.45) is 10.00. The van der Waals surface area contributed by atoms with Crippen molar-refractivity contribution < 1.29 is 0 Å². The number of thiophene rings is 1. The topological polar surface area (TPSA) is 12.0 Å². The Labute approximate surface area is 108 Å². The molecule has 1 nitrogen and oxygen atoms in total. The van der Waals surface area contributed by atoms with Gasteiger partial charge in [-0.3, -0.25) is 0 Å². The van der Waals surface area contributed by atoms with Gasteiger partial charge in [-0.25, -0.2) is 0 Å². The maximum atomic E-state index is 4.03. The van der Waals surface area contributed by atoms with Crippen LogP contribution in [0.15, 0.2) is 11.4 Å². The van der Waals surface area contributed by atoms with Gasteiger partial charge in [0.25, 0.3) is 0 Å². The second-order valence-electron chi connectivity index (χ2n) is 6.11. The molecule has 0 aromatic carbocycles. The van der Waals surface area contributed by atoms with Crippen LogP contribution in [-0.2, 0) is 6.42 Å². The first-order valence-electron chi connectivity index (χ1n) is 7.24.